The third-order valence-corrected chi connectivity index (χ3v) is 4.23. The number of halogens is 1. The summed E-state index contributed by atoms with van der Waals surface area (Å²) in [5.41, 5.74) is 3.59. The molecule has 0 bridgehead atoms. The maximum Gasteiger partial charge on any atom is 0.264 e. The number of rotatable bonds is 4. The summed E-state index contributed by atoms with van der Waals surface area (Å²) in [6.45, 7) is 5.71. The Balaban J connectivity index is 2.05. The Morgan fingerprint density at radius 1 is 1.30 bits per heavy atom. The first-order chi connectivity index (χ1) is 11.0. The summed E-state index contributed by atoms with van der Waals surface area (Å²) in [6.07, 6.45) is 0.676. The number of nitrogens with one attached hydrogen (secondary N) is 1. The number of aromatic amines is 1. The number of carbonyl (C=O) groups is 1. The first kappa shape index (κ1) is 15.7. The Hall–Kier alpha value is -2.21. The van der Waals surface area contributed by atoms with Gasteiger partial charge in [0.1, 0.15) is 5.69 Å². The van der Waals surface area contributed by atoms with Crippen molar-refractivity contribution in [3.8, 4) is 11.6 Å². The van der Waals surface area contributed by atoms with Crippen LogP contribution in [0.5, 0.6) is 0 Å². The summed E-state index contributed by atoms with van der Waals surface area (Å²) < 4.78 is 6.47. The predicted octanol–water partition coefficient (Wildman–Crippen LogP) is 4.24. The highest BCUT2D eigenvalue weighted by Gasteiger charge is 2.23. The van der Waals surface area contributed by atoms with E-state index in [4.69, 9.17) is 4.42 Å². The minimum Gasteiger partial charge on any atom is -0.419 e. The summed E-state index contributed by atoms with van der Waals surface area (Å²) in [4.78, 5) is 16.0. The minimum atomic E-state index is -0.0287. The van der Waals surface area contributed by atoms with Crippen molar-refractivity contribution in [2.75, 3.05) is 0 Å². The second-order valence-electron chi connectivity index (χ2n) is 5.32. The van der Waals surface area contributed by atoms with Crippen LogP contribution in [0.4, 0.5) is 0 Å². The number of hydrogen-bond donors (Lipinski definition) is 1. The quantitative estimate of drug-likeness (QED) is 0.694. The molecule has 118 valence electrons. The predicted molar refractivity (Wildman–Crippen MR) is 90.5 cm³/mol. The smallest absolute Gasteiger partial charge is 0.264 e. The van der Waals surface area contributed by atoms with Crippen molar-refractivity contribution in [3.05, 3.63) is 57.0 Å². The molecule has 0 aliphatic carbocycles. The first-order valence-corrected chi connectivity index (χ1v) is 8.12. The van der Waals surface area contributed by atoms with E-state index in [0.717, 1.165) is 15.7 Å². The number of ketones is 1. The van der Waals surface area contributed by atoms with Gasteiger partial charge in [0.15, 0.2) is 5.78 Å². The molecule has 0 fully saturated rings. The topological polar surface area (TPSA) is 71.8 Å². The molecule has 2 aromatic heterocycles. The average molecular weight is 374 g/mol. The van der Waals surface area contributed by atoms with Crippen LogP contribution in [-0.4, -0.2) is 21.0 Å². The van der Waals surface area contributed by atoms with Gasteiger partial charge in [0.2, 0.25) is 5.89 Å². The molecule has 5 nitrogen and oxygen atoms in total. The number of H-pyrrole nitrogens is 1. The van der Waals surface area contributed by atoms with Crippen molar-refractivity contribution < 1.29 is 9.21 Å². The molecule has 1 aromatic carbocycles. The third kappa shape index (κ3) is 2.86. The van der Waals surface area contributed by atoms with Gasteiger partial charge in [0.25, 0.3) is 5.89 Å². The minimum absolute atomic E-state index is 0.0287. The van der Waals surface area contributed by atoms with Crippen LogP contribution in [0.1, 0.15) is 40.0 Å². The molecule has 0 saturated heterocycles. The lowest BCUT2D eigenvalue weighted by Gasteiger charge is -2.03. The zero-order valence-electron chi connectivity index (χ0n) is 13.1. The lowest BCUT2D eigenvalue weighted by molar-refractivity contribution is 0.103. The molecule has 0 atom stereocenters. The van der Waals surface area contributed by atoms with Crippen LogP contribution in [0.2, 0.25) is 0 Å². The second kappa shape index (κ2) is 6.12. The van der Waals surface area contributed by atoms with Crippen LogP contribution in [0.25, 0.3) is 11.6 Å². The van der Waals surface area contributed by atoms with Crippen LogP contribution in [0.3, 0.4) is 0 Å². The van der Waals surface area contributed by atoms with E-state index < -0.39 is 0 Å². The van der Waals surface area contributed by atoms with Crippen LogP contribution in [-0.2, 0) is 6.42 Å². The number of aromatic nitrogens is 3. The first-order valence-electron chi connectivity index (χ1n) is 7.33. The number of carbonyl (C=O) groups excluding carboxylic acids is 1. The molecular weight excluding hydrogens is 358 g/mol. The van der Waals surface area contributed by atoms with Crippen LogP contribution in [0.15, 0.2) is 33.2 Å². The molecule has 23 heavy (non-hydrogen) atoms. The van der Waals surface area contributed by atoms with Crippen molar-refractivity contribution in [3.63, 3.8) is 0 Å². The van der Waals surface area contributed by atoms with Gasteiger partial charge in [0, 0.05) is 27.7 Å². The highest BCUT2D eigenvalue weighted by molar-refractivity contribution is 9.10. The lowest BCUT2D eigenvalue weighted by atomic mass is 10.00. The maximum absolute atomic E-state index is 12.8. The van der Waals surface area contributed by atoms with Crippen LogP contribution in [0, 0.1) is 13.8 Å². The van der Waals surface area contributed by atoms with E-state index in [-0.39, 0.29) is 5.78 Å². The van der Waals surface area contributed by atoms with Crippen molar-refractivity contribution in [1.82, 2.24) is 15.2 Å². The number of nitrogens with zero attached hydrogens (tertiary/aromatic N) is 2. The normalized spacial score (nSPS) is 11.0. The third-order valence-electron chi connectivity index (χ3n) is 3.73. The van der Waals surface area contributed by atoms with Crippen molar-refractivity contribution in [2.24, 2.45) is 0 Å². The zero-order chi connectivity index (χ0) is 16.6. The van der Waals surface area contributed by atoms with Gasteiger partial charge in [-0.25, -0.2) is 0 Å². The molecule has 0 radical (unpaired) electrons. The molecule has 0 aliphatic rings. The van der Waals surface area contributed by atoms with Crippen LogP contribution >= 0.6 is 15.9 Å². The maximum atomic E-state index is 12.8. The molecule has 3 aromatic rings. The summed E-state index contributed by atoms with van der Waals surface area (Å²) in [5, 5.41) is 8.03. The largest absolute Gasteiger partial charge is 0.419 e. The molecule has 0 amide bonds. The number of benzene rings is 1. The van der Waals surface area contributed by atoms with E-state index >= 15 is 0 Å². The Morgan fingerprint density at radius 3 is 2.74 bits per heavy atom. The van der Waals surface area contributed by atoms with Crippen LogP contribution < -0.4 is 0 Å². The fourth-order valence-electron chi connectivity index (χ4n) is 2.58. The number of hydrogen-bond acceptors (Lipinski definition) is 4. The molecule has 1 N–H and O–H groups in total. The SMILES string of the molecule is CCc1nnc(-c2[nH]c(C)c(C(=O)c3cccc(Br)c3)c2C)o1. The highest BCUT2D eigenvalue weighted by Crippen LogP contribution is 2.29. The molecule has 0 saturated carbocycles. The summed E-state index contributed by atoms with van der Waals surface area (Å²) in [6, 6.07) is 7.36. The molecule has 3 rings (SSSR count). The molecule has 0 aliphatic heterocycles. The van der Waals surface area contributed by atoms with Crippen molar-refractivity contribution in [2.45, 2.75) is 27.2 Å². The Kier molecular flexibility index (Phi) is 4.17. The molecule has 0 spiro atoms. The van der Waals surface area contributed by atoms with Gasteiger partial charge in [-0.05, 0) is 31.5 Å². The van der Waals surface area contributed by atoms with E-state index in [2.05, 4.69) is 31.1 Å². The summed E-state index contributed by atoms with van der Waals surface area (Å²) >= 11 is 3.40. The molecular formula is C17H16BrN3O2. The fourth-order valence-corrected chi connectivity index (χ4v) is 2.98. The standard InChI is InChI=1S/C17H16BrN3O2/c1-4-13-20-21-17(23-13)15-9(2)14(10(3)19-15)16(22)11-6-5-7-12(18)8-11/h5-8,19H,4H2,1-3H3. The lowest BCUT2D eigenvalue weighted by Crippen LogP contribution is -2.03. The van der Waals surface area contributed by atoms with Gasteiger partial charge in [-0.15, -0.1) is 10.2 Å². The average Bonchev–Trinajstić information content (AvgIpc) is 3.11. The highest BCUT2D eigenvalue weighted by atomic mass is 79.9. The monoisotopic (exact) mass is 373 g/mol. The summed E-state index contributed by atoms with van der Waals surface area (Å²) in [5.74, 6) is 0.960. The van der Waals surface area contributed by atoms with E-state index in [9.17, 15) is 4.79 Å². The van der Waals surface area contributed by atoms with Gasteiger partial charge in [0.05, 0.1) is 0 Å². The molecule has 6 heteroatoms. The van der Waals surface area contributed by atoms with E-state index in [1.165, 1.54) is 0 Å². The van der Waals surface area contributed by atoms with E-state index in [0.29, 0.717) is 35.0 Å². The Bertz CT molecular complexity index is 880. The van der Waals surface area contributed by atoms with Crippen molar-refractivity contribution in [1.29, 1.82) is 0 Å². The van der Waals surface area contributed by atoms with Crippen molar-refractivity contribution >= 4 is 21.7 Å². The van der Waals surface area contributed by atoms with Gasteiger partial charge >= 0.3 is 0 Å². The second-order valence-corrected chi connectivity index (χ2v) is 6.23. The Labute approximate surface area is 142 Å². The van der Waals surface area contributed by atoms with Gasteiger partial charge in [-0.3, -0.25) is 4.79 Å². The van der Waals surface area contributed by atoms with E-state index in [1.54, 1.807) is 6.07 Å². The van der Waals surface area contributed by atoms with Gasteiger partial charge in [-0.1, -0.05) is 35.0 Å². The zero-order valence-corrected chi connectivity index (χ0v) is 14.7. The Morgan fingerprint density at radius 2 is 2.09 bits per heavy atom. The molecule has 2 heterocycles. The van der Waals surface area contributed by atoms with Gasteiger partial charge < -0.3 is 9.40 Å². The summed E-state index contributed by atoms with van der Waals surface area (Å²) in [7, 11) is 0. The fraction of sp³-hybridized carbons (Fsp3) is 0.235. The number of aryl methyl sites for hydroxylation is 2. The van der Waals surface area contributed by atoms with E-state index in [1.807, 2.05) is 39.0 Å². The van der Waals surface area contributed by atoms with Gasteiger partial charge in [-0.2, -0.15) is 0 Å². The molecule has 0 unspecified atom stereocenters.